The van der Waals surface area contributed by atoms with Crippen molar-refractivity contribution in [2.75, 3.05) is 0 Å². The van der Waals surface area contributed by atoms with Gasteiger partial charge in [-0.2, -0.15) is 0 Å². The van der Waals surface area contributed by atoms with Gasteiger partial charge < -0.3 is 4.52 Å². The second kappa shape index (κ2) is 4.32. The highest BCUT2D eigenvalue weighted by Crippen LogP contribution is 2.22. The molecular formula is C10H7ClN2O3. The average molecular weight is 239 g/mol. The second-order valence-corrected chi connectivity index (χ2v) is 3.38. The van der Waals surface area contributed by atoms with E-state index < -0.39 is 4.92 Å². The molecule has 16 heavy (non-hydrogen) atoms. The summed E-state index contributed by atoms with van der Waals surface area (Å²) in [7, 11) is 0. The van der Waals surface area contributed by atoms with Crippen LogP contribution in [0.1, 0.15) is 5.76 Å². The molecule has 0 amide bonds. The van der Waals surface area contributed by atoms with Gasteiger partial charge in [0.05, 0.1) is 10.8 Å². The summed E-state index contributed by atoms with van der Waals surface area (Å²) in [4.78, 5) is 10.0. The van der Waals surface area contributed by atoms with E-state index >= 15 is 0 Å². The molecule has 0 aliphatic carbocycles. The van der Waals surface area contributed by atoms with Gasteiger partial charge in [-0.1, -0.05) is 5.16 Å². The van der Waals surface area contributed by atoms with Crippen molar-refractivity contribution >= 4 is 17.3 Å². The fourth-order valence-corrected chi connectivity index (χ4v) is 1.39. The molecule has 6 heteroatoms. The van der Waals surface area contributed by atoms with Gasteiger partial charge >= 0.3 is 0 Å². The zero-order valence-electron chi connectivity index (χ0n) is 8.09. The summed E-state index contributed by atoms with van der Waals surface area (Å²) in [6.45, 7) is 0. The number of nitro benzene ring substituents is 1. The van der Waals surface area contributed by atoms with Crippen LogP contribution in [0, 0.1) is 10.1 Å². The number of nitrogens with zero attached hydrogens (tertiary/aromatic N) is 2. The van der Waals surface area contributed by atoms with E-state index in [1.54, 1.807) is 18.2 Å². The van der Waals surface area contributed by atoms with E-state index in [0.717, 1.165) is 5.56 Å². The van der Waals surface area contributed by atoms with Crippen LogP contribution in [0.25, 0.3) is 11.3 Å². The Morgan fingerprint density at radius 1 is 1.38 bits per heavy atom. The van der Waals surface area contributed by atoms with Gasteiger partial charge in [0.2, 0.25) is 0 Å². The SMILES string of the molecule is O=[N+]([O-])c1ccc(-c2cc(CCl)on2)cc1. The zero-order valence-corrected chi connectivity index (χ0v) is 8.85. The largest absolute Gasteiger partial charge is 0.359 e. The van der Waals surface area contributed by atoms with Gasteiger partial charge in [0.15, 0.2) is 5.76 Å². The summed E-state index contributed by atoms with van der Waals surface area (Å²) in [5.41, 5.74) is 1.42. The van der Waals surface area contributed by atoms with E-state index in [4.69, 9.17) is 16.1 Å². The number of benzene rings is 1. The molecule has 2 aromatic rings. The fourth-order valence-electron chi connectivity index (χ4n) is 1.27. The molecule has 0 bridgehead atoms. The monoisotopic (exact) mass is 238 g/mol. The maximum Gasteiger partial charge on any atom is 0.269 e. The van der Waals surface area contributed by atoms with Crippen LogP contribution in [0.5, 0.6) is 0 Å². The van der Waals surface area contributed by atoms with Crippen molar-refractivity contribution in [3.63, 3.8) is 0 Å². The van der Waals surface area contributed by atoms with Crippen LogP contribution in [0.15, 0.2) is 34.9 Å². The third kappa shape index (κ3) is 2.04. The van der Waals surface area contributed by atoms with Gasteiger partial charge in [-0.25, -0.2) is 0 Å². The molecule has 82 valence electrons. The lowest BCUT2D eigenvalue weighted by atomic mass is 10.1. The molecule has 1 heterocycles. The molecular weight excluding hydrogens is 232 g/mol. The number of hydrogen-bond acceptors (Lipinski definition) is 4. The quantitative estimate of drug-likeness (QED) is 0.468. The van der Waals surface area contributed by atoms with Crippen molar-refractivity contribution in [1.29, 1.82) is 0 Å². The van der Waals surface area contributed by atoms with Crippen molar-refractivity contribution < 1.29 is 9.45 Å². The van der Waals surface area contributed by atoms with Crippen LogP contribution in [0.2, 0.25) is 0 Å². The number of aromatic nitrogens is 1. The van der Waals surface area contributed by atoms with Gasteiger partial charge in [-0.3, -0.25) is 10.1 Å². The minimum atomic E-state index is -0.448. The lowest BCUT2D eigenvalue weighted by Gasteiger charge is -1.94. The minimum absolute atomic E-state index is 0.0461. The van der Waals surface area contributed by atoms with E-state index in [-0.39, 0.29) is 11.6 Å². The topological polar surface area (TPSA) is 69.2 Å². The van der Waals surface area contributed by atoms with Crippen LogP contribution in [-0.2, 0) is 5.88 Å². The van der Waals surface area contributed by atoms with Crippen molar-refractivity contribution in [1.82, 2.24) is 5.16 Å². The summed E-state index contributed by atoms with van der Waals surface area (Å²) in [5.74, 6) is 0.815. The molecule has 1 aromatic heterocycles. The third-order valence-electron chi connectivity index (χ3n) is 2.06. The normalized spacial score (nSPS) is 10.3. The highest BCUT2D eigenvalue weighted by Gasteiger charge is 2.08. The first-order chi connectivity index (χ1) is 7.70. The van der Waals surface area contributed by atoms with Crippen LogP contribution in [0.3, 0.4) is 0 Å². The Morgan fingerprint density at radius 3 is 2.56 bits per heavy atom. The van der Waals surface area contributed by atoms with E-state index in [2.05, 4.69) is 5.16 Å². The molecule has 0 aliphatic rings. The molecule has 0 atom stereocenters. The summed E-state index contributed by atoms with van der Waals surface area (Å²) < 4.78 is 4.93. The first-order valence-corrected chi connectivity index (χ1v) is 5.00. The van der Waals surface area contributed by atoms with Gasteiger partial charge in [0, 0.05) is 23.8 Å². The number of non-ortho nitro benzene ring substituents is 1. The Kier molecular flexibility index (Phi) is 2.87. The average Bonchev–Trinajstić information content (AvgIpc) is 2.77. The maximum atomic E-state index is 10.5. The third-order valence-corrected chi connectivity index (χ3v) is 2.33. The first kappa shape index (κ1) is 10.6. The van der Waals surface area contributed by atoms with Crippen LogP contribution in [0.4, 0.5) is 5.69 Å². The molecule has 0 saturated carbocycles. The Hall–Kier alpha value is -1.88. The smallest absolute Gasteiger partial charge is 0.269 e. The molecule has 0 aliphatic heterocycles. The standard InChI is InChI=1S/C10H7ClN2O3/c11-6-9-5-10(12-16-9)7-1-3-8(4-2-7)13(14)15/h1-5H,6H2. The van der Waals surface area contributed by atoms with E-state index in [1.165, 1.54) is 12.1 Å². The van der Waals surface area contributed by atoms with E-state index in [9.17, 15) is 10.1 Å². The second-order valence-electron chi connectivity index (χ2n) is 3.12. The molecule has 0 radical (unpaired) electrons. The Morgan fingerprint density at radius 2 is 2.06 bits per heavy atom. The summed E-state index contributed by atoms with van der Waals surface area (Å²) in [6.07, 6.45) is 0. The maximum absolute atomic E-state index is 10.5. The molecule has 0 unspecified atom stereocenters. The molecule has 0 fully saturated rings. The van der Waals surface area contributed by atoms with Gasteiger partial charge in [0.25, 0.3) is 5.69 Å². The highest BCUT2D eigenvalue weighted by atomic mass is 35.5. The highest BCUT2D eigenvalue weighted by molar-refractivity contribution is 6.16. The van der Waals surface area contributed by atoms with E-state index in [1.807, 2.05) is 0 Å². The summed E-state index contributed by atoms with van der Waals surface area (Å²) in [5, 5.41) is 14.3. The number of nitro groups is 1. The van der Waals surface area contributed by atoms with Crippen LogP contribution in [-0.4, -0.2) is 10.1 Å². The Bertz CT molecular complexity index is 507. The zero-order chi connectivity index (χ0) is 11.5. The molecule has 5 nitrogen and oxygen atoms in total. The van der Waals surface area contributed by atoms with Crippen molar-refractivity contribution in [2.24, 2.45) is 0 Å². The van der Waals surface area contributed by atoms with E-state index in [0.29, 0.717) is 11.5 Å². The Balaban J connectivity index is 2.30. The number of halogens is 1. The minimum Gasteiger partial charge on any atom is -0.359 e. The number of hydrogen-bond donors (Lipinski definition) is 0. The molecule has 0 saturated heterocycles. The van der Waals surface area contributed by atoms with Crippen LogP contribution >= 0.6 is 11.6 Å². The van der Waals surface area contributed by atoms with Gasteiger partial charge in [-0.05, 0) is 12.1 Å². The van der Waals surface area contributed by atoms with Crippen molar-refractivity contribution in [2.45, 2.75) is 5.88 Å². The molecule has 0 N–H and O–H groups in total. The lowest BCUT2D eigenvalue weighted by molar-refractivity contribution is -0.384. The van der Waals surface area contributed by atoms with Gasteiger partial charge in [0.1, 0.15) is 5.69 Å². The van der Waals surface area contributed by atoms with Crippen LogP contribution < -0.4 is 0 Å². The molecule has 0 spiro atoms. The Labute approximate surface area is 95.8 Å². The summed E-state index contributed by atoms with van der Waals surface area (Å²) >= 11 is 5.57. The lowest BCUT2D eigenvalue weighted by Crippen LogP contribution is -1.87. The number of alkyl halides is 1. The fraction of sp³-hybridized carbons (Fsp3) is 0.100. The summed E-state index contributed by atoms with van der Waals surface area (Å²) in [6, 6.07) is 7.78. The number of rotatable bonds is 3. The predicted molar refractivity (Wildman–Crippen MR) is 58.2 cm³/mol. The first-order valence-electron chi connectivity index (χ1n) is 4.47. The van der Waals surface area contributed by atoms with Crippen molar-refractivity contribution in [3.05, 3.63) is 46.2 Å². The van der Waals surface area contributed by atoms with Gasteiger partial charge in [-0.15, -0.1) is 11.6 Å². The molecule has 1 aromatic carbocycles. The van der Waals surface area contributed by atoms with Crippen molar-refractivity contribution in [3.8, 4) is 11.3 Å². The predicted octanol–water partition coefficient (Wildman–Crippen LogP) is 2.99. The molecule has 2 rings (SSSR count).